The van der Waals surface area contributed by atoms with Crippen LogP contribution in [0.15, 0.2) is 36.4 Å². The maximum Gasteiger partial charge on any atom is 0.303 e. The number of hydrogen-bond donors (Lipinski definition) is 0. The highest BCUT2D eigenvalue weighted by molar-refractivity contribution is 5.66. The smallest absolute Gasteiger partial charge is 0.303 e. The number of esters is 2. The number of carbonyl (C=O) groups is 2. The summed E-state index contributed by atoms with van der Waals surface area (Å²) in [4.78, 5) is 22.2. The molecule has 0 aromatic heterocycles. The third kappa shape index (κ3) is 6.21. The molecule has 1 aliphatic rings. The summed E-state index contributed by atoms with van der Waals surface area (Å²) in [7, 11) is 1.60. The molecule has 1 heterocycles. The quantitative estimate of drug-likeness (QED) is 0.549. The van der Waals surface area contributed by atoms with Gasteiger partial charge in [-0.1, -0.05) is 12.1 Å². The Morgan fingerprint density at radius 2 is 1.96 bits per heavy atom. The van der Waals surface area contributed by atoms with Crippen LogP contribution in [-0.2, 0) is 35.1 Å². The van der Waals surface area contributed by atoms with Gasteiger partial charge in [0.05, 0.1) is 13.7 Å². The van der Waals surface area contributed by atoms with E-state index in [-0.39, 0.29) is 6.61 Å². The van der Waals surface area contributed by atoms with Gasteiger partial charge in [-0.05, 0) is 29.8 Å². The van der Waals surface area contributed by atoms with Crippen LogP contribution in [0.3, 0.4) is 0 Å². The largest absolute Gasteiger partial charge is 0.497 e. The summed E-state index contributed by atoms with van der Waals surface area (Å²) in [6, 6.07) is 7.49. The van der Waals surface area contributed by atoms with E-state index in [2.05, 4.69) is 0 Å². The minimum atomic E-state index is -0.640. The van der Waals surface area contributed by atoms with E-state index in [0.717, 1.165) is 11.3 Å². The average molecular weight is 350 g/mol. The first kappa shape index (κ1) is 19.0. The van der Waals surface area contributed by atoms with Crippen molar-refractivity contribution in [2.45, 2.75) is 39.0 Å². The third-order valence-electron chi connectivity index (χ3n) is 3.43. The molecule has 0 unspecified atom stereocenters. The second-order valence-corrected chi connectivity index (χ2v) is 5.47. The number of rotatable bonds is 7. The van der Waals surface area contributed by atoms with Crippen LogP contribution in [0.4, 0.5) is 0 Å². The second kappa shape index (κ2) is 9.19. The molecule has 1 aliphatic heterocycles. The summed E-state index contributed by atoms with van der Waals surface area (Å²) in [6.45, 7) is 2.89. The molecule has 0 fully saturated rings. The SMILES string of the molecule is COc1cccc(CO[C@@H]2C=C[C@H](OC(C)=O)[C@@H](COC(C)=O)O2)c1. The maximum atomic E-state index is 11.2. The number of hydrogen-bond acceptors (Lipinski definition) is 7. The van der Waals surface area contributed by atoms with E-state index in [1.54, 1.807) is 19.3 Å². The Hall–Kier alpha value is -2.38. The van der Waals surface area contributed by atoms with E-state index in [9.17, 15) is 9.59 Å². The highest BCUT2D eigenvalue weighted by Gasteiger charge is 2.31. The molecule has 3 atom stereocenters. The highest BCUT2D eigenvalue weighted by atomic mass is 16.7. The van der Waals surface area contributed by atoms with Crippen LogP contribution in [-0.4, -0.2) is 44.2 Å². The van der Waals surface area contributed by atoms with Crippen molar-refractivity contribution in [3.8, 4) is 5.75 Å². The molecule has 1 aromatic rings. The molecular weight excluding hydrogens is 328 g/mol. The van der Waals surface area contributed by atoms with Crippen molar-refractivity contribution in [1.82, 2.24) is 0 Å². The van der Waals surface area contributed by atoms with Gasteiger partial charge >= 0.3 is 11.9 Å². The fourth-order valence-electron chi connectivity index (χ4n) is 2.30. The lowest BCUT2D eigenvalue weighted by Crippen LogP contribution is -2.42. The summed E-state index contributed by atoms with van der Waals surface area (Å²) in [5, 5.41) is 0. The normalized spacial score (nSPS) is 22.3. The van der Waals surface area contributed by atoms with Gasteiger partial charge in [-0.3, -0.25) is 9.59 Å². The van der Waals surface area contributed by atoms with E-state index in [1.165, 1.54) is 13.8 Å². The molecule has 0 aliphatic carbocycles. The molecule has 0 saturated heterocycles. The first-order valence-electron chi connectivity index (χ1n) is 7.87. The van der Waals surface area contributed by atoms with Crippen LogP contribution < -0.4 is 4.74 Å². The number of benzene rings is 1. The van der Waals surface area contributed by atoms with Crippen molar-refractivity contribution in [3.63, 3.8) is 0 Å². The van der Waals surface area contributed by atoms with Crippen LogP contribution in [0.5, 0.6) is 5.75 Å². The van der Waals surface area contributed by atoms with Gasteiger partial charge in [0.15, 0.2) is 6.29 Å². The minimum Gasteiger partial charge on any atom is -0.497 e. The number of ether oxygens (including phenoxy) is 5. The molecule has 0 bridgehead atoms. The fourth-order valence-corrected chi connectivity index (χ4v) is 2.30. The predicted octanol–water partition coefficient (Wildman–Crippen LogP) is 1.99. The summed E-state index contributed by atoms with van der Waals surface area (Å²) in [6.07, 6.45) is 1.44. The van der Waals surface area contributed by atoms with Gasteiger partial charge in [0.25, 0.3) is 0 Å². The number of carbonyl (C=O) groups excluding carboxylic acids is 2. The van der Waals surface area contributed by atoms with Gasteiger partial charge in [0, 0.05) is 13.8 Å². The molecule has 0 spiro atoms. The summed E-state index contributed by atoms with van der Waals surface area (Å²) >= 11 is 0. The lowest BCUT2D eigenvalue weighted by molar-refractivity contribution is -0.200. The Morgan fingerprint density at radius 1 is 1.16 bits per heavy atom. The van der Waals surface area contributed by atoms with Gasteiger partial charge in [0.2, 0.25) is 0 Å². The summed E-state index contributed by atoms with van der Waals surface area (Å²) in [5.41, 5.74) is 0.926. The first-order valence-corrected chi connectivity index (χ1v) is 7.87. The molecular formula is C18H22O7. The molecule has 7 heteroatoms. The maximum absolute atomic E-state index is 11.2. The number of methoxy groups -OCH3 is 1. The van der Waals surface area contributed by atoms with Crippen molar-refractivity contribution in [2.75, 3.05) is 13.7 Å². The van der Waals surface area contributed by atoms with Gasteiger partial charge < -0.3 is 23.7 Å². The van der Waals surface area contributed by atoms with Gasteiger partial charge in [-0.2, -0.15) is 0 Å². The lowest BCUT2D eigenvalue weighted by atomic mass is 10.1. The Balaban J connectivity index is 1.96. The van der Waals surface area contributed by atoms with E-state index in [4.69, 9.17) is 23.7 Å². The third-order valence-corrected chi connectivity index (χ3v) is 3.43. The van der Waals surface area contributed by atoms with Crippen LogP contribution in [0.2, 0.25) is 0 Å². The standard InChI is InChI=1S/C18H22O7/c1-12(19)22-11-17-16(24-13(2)20)7-8-18(25-17)23-10-14-5-4-6-15(9-14)21-3/h4-9,16-18H,10-11H2,1-3H3/t16-,17+,18-/m0/s1. The summed E-state index contributed by atoms with van der Waals surface area (Å²) < 4.78 is 26.8. The highest BCUT2D eigenvalue weighted by Crippen LogP contribution is 2.20. The van der Waals surface area contributed by atoms with Crippen LogP contribution in [0.25, 0.3) is 0 Å². The monoisotopic (exact) mass is 350 g/mol. The van der Waals surface area contributed by atoms with Gasteiger partial charge in [-0.15, -0.1) is 0 Å². The topological polar surface area (TPSA) is 80.3 Å². The lowest BCUT2D eigenvalue weighted by Gasteiger charge is -2.31. The van der Waals surface area contributed by atoms with Crippen LogP contribution >= 0.6 is 0 Å². The van der Waals surface area contributed by atoms with E-state index >= 15 is 0 Å². The van der Waals surface area contributed by atoms with Gasteiger partial charge in [-0.25, -0.2) is 0 Å². The van der Waals surface area contributed by atoms with Crippen molar-refractivity contribution in [2.24, 2.45) is 0 Å². The second-order valence-electron chi connectivity index (χ2n) is 5.47. The van der Waals surface area contributed by atoms with Crippen LogP contribution in [0.1, 0.15) is 19.4 Å². The fraction of sp³-hybridized carbons (Fsp3) is 0.444. The molecule has 2 rings (SSSR count). The van der Waals surface area contributed by atoms with Crippen LogP contribution in [0, 0.1) is 0 Å². The zero-order chi connectivity index (χ0) is 18.2. The first-order chi connectivity index (χ1) is 12.0. The molecule has 1 aromatic carbocycles. The van der Waals surface area contributed by atoms with Crippen molar-refractivity contribution in [3.05, 3.63) is 42.0 Å². The van der Waals surface area contributed by atoms with Crippen molar-refractivity contribution >= 4 is 11.9 Å². The van der Waals surface area contributed by atoms with E-state index in [1.807, 2.05) is 24.3 Å². The Kier molecular flexibility index (Phi) is 6.97. The van der Waals surface area contributed by atoms with Gasteiger partial charge in [0.1, 0.15) is 24.6 Å². The average Bonchev–Trinajstić information content (AvgIpc) is 2.59. The molecule has 0 saturated carbocycles. The Labute approximate surface area is 146 Å². The molecule has 0 N–H and O–H groups in total. The predicted molar refractivity (Wildman–Crippen MR) is 87.8 cm³/mol. The Morgan fingerprint density at radius 3 is 2.64 bits per heavy atom. The molecule has 25 heavy (non-hydrogen) atoms. The minimum absolute atomic E-state index is 0.0311. The molecule has 0 radical (unpaired) electrons. The molecule has 136 valence electrons. The van der Waals surface area contributed by atoms with E-state index in [0.29, 0.717) is 6.61 Å². The summed E-state index contributed by atoms with van der Waals surface area (Å²) in [5.74, 6) is -0.140. The zero-order valence-corrected chi connectivity index (χ0v) is 14.5. The Bertz CT molecular complexity index is 626. The van der Waals surface area contributed by atoms with E-state index < -0.39 is 30.4 Å². The van der Waals surface area contributed by atoms with Crippen molar-refractivity contribution < 1.29 is 33.3 Å². The molecule has 7 nitrogen and oxygen atoms in total. The van der Waals surface area contributed by atoms with Crippen molar-refractivity contribution in [1.29, 1.82) is 0 Å². The molecule has 0 amide bonds. The zero-order valence-electron chi connectivity index (χ0n) is 14.5.